The van der Waals surface area contributed by atoms with Crippen LogP contribution < -0.4 is 16.4 Å². The molecule has 20 heavy (non-hydrogen) atoms. The van der Waals surface area contributed by atoms with Crippen molar-refractivity contribution in [3.63, 3.8) is 0 Å². The van der Waals surface area contributed by atoms with Gasteiger partial charge in [-0.1, -0.05) is 12.8 Å². The number of β-amino-alcohol motifs (C(OH)–C–C–N with tert-alkyl or cyclic N) is 1. The van der Waals surface area contributed by atoms with E-state index in [1.54, 1.807) is 0 Å². The Balaban J connectivity index is 0.000000152. The van der Waals surface area contributed by atoms with Gasteiger partial charge in [-0.2, -0.15) is 0 Å². The van der Waals surface area contributed by atoms with Crippen molar-refractivity contribution in [1.82, 2.24) is 10.6 Å². The fraction of sp³-hybridized carbons (Fsp3) is 1.00. The Bertz CT molecular complexity index is 200. The third-order valence-corrected chi connectivity index (χ3v) is 3.66. The standard InChI is InChI=1S/C6H13NO.2C4H9NO/c7-5-3-1-2-4-6(5)8;1-3-6-4-2-5-1;6-4-1-2-5-3-4/h5-6,8H,1-4,7H2;5H,1-4H2;4-6H,1-3H2. The van der Waals surface area contributed by atoms with Crippen LogP contribution in [0.3, 0.4) is 0 Å². The zero-order chi connectivity index (χ0) is 14.6. The second-order valence-electron chi connectivity index (χ2n) is 5.52. The first-order chi connectivity index (χ1) is 9.70. The third kappa shape index (κ3) is 8.84. The molecule has 1 aliphatic carbocycles. The number of ether oxygens (including phenoxy) is 1. The van der Waals surface area contributed by atoms with Gasteiger partial charge in [0.1, 0.15) is 0 Å². The Kier molecular flexibility index (Phi) is 10.2. The lowest BCUT2D eigenvalue weighted by Gasteiger charge is -2.23. The maximum absolute atomic E-state index is 9.05. The molecule has 2 aliphatic heterocycles. The van der Waals surface area contributed by atoms with E-state index in [-0.39, 0.29) is 18.2 Å². The highest BCUT2D eigenvalue weighted by molar-refractivity contribution is 4.76. The molecule has 6 N–H and O–H groups in total. The summed E-state index contributed by atoms with van der Waals surface area (Å²) < 4.78 is 5.01. The lowest BCUT2D eigenvalue weighted by atomic mass is 9.94. The average molecular weight is 289 g/mol. The van der Waals surface area contributed by atoms with Crippen LogP contribution in [0.25, 0.3) is 0 Å². The van der Waals surface area contributed by atoms with Crippen molar-refractivity contribution in [3.05, 3.63) is 0 Å². The predicted octanol–water partition coefficient (Wildman–Crippen LogP) is -0.805. The summed E-state index contributed by atoms with van der Waals surface area (Å²) in [4.78, 5) is 0. The molecule has 3 unspecified atom stereocenters. The number of hydrogen-bond donors (Lipinski definition) is 5. The molecular formula is C14H31N3O3. The van der Waals surface area contributed by atoms with Gasteiger partial charge in [-0.25, -0.2) is 0 Å². The Morgan fingerprint density at radius 1 is 0.900 bits per heavy atom. The fourth-order valence-electron chi connectivity index (χ4n) is 2.30. The second-order valence-corrected chi connectivity index (χ2v) is 5.52. The topological polar surface area (TPSA) is 99.8 Å². The van der Waals surface area contributed by atoms with Gasteiger partial charge in [0.25, 0.3) is 0 Å². The van der Waals surface area contributed by atoms with E-state index in [2.05, 4.69) is 10.6 Å². The van der Waals surface area contributed by atoms with Gasteiger partial charge >= 0.3 is 0 Å². The molecule has 0 amide bonds. The number of aliphatic hydroxyl groups excluding tert-OH is 2. The van der Waals surface area contributed by atoms with E-state index >= 15 is 0 Å². The highest BCUT2D eigenvalue weighted by atomic mass is 16.5. The van der Waals surface area contributed by atoms with Gasteiger partial charge in [-0.05, 0) is 25.8 Å². The molecule has 3 aliphatic rings. The van der Waals surface area contributed by atoms with Crippen molar-refractivity contribution in [2.45, 2.75) is 50.4 Å². The Labute approximate surface area is 122 Å². The molecule has 1 saturated carbocycles. The van der Waals surface area contributed by atoms with Crippen LogP contribution >= 0.6 is 0 Å². The molecule has 3 atom stereocenters. The molecule has 0 spiro atoms. The summed E-state index contributed by atoms with van der Waals surface area (Å²) in [6.45, 7) is 5.61. The molecule has 0 radical (unpaired) electrons. The van der Waals surface area contributed by atoms with Crippen LogP contribution in [0.1, 0.15) is 32.1 Å². The zero-order valence-corrected chi connectivity index (χ0v) is 12.4. The van der Waals surface area contributed by atoms with E-state index in [0.29, 0.717) is 0 Å². The fourth-order valence-corrected chi connectivity index (χ4v) is 2.30. The molecule has 120 valence electrons. The lowest BCUT2D eigenvalue weighted by molar-refractivity contribution is 0.108. The Morgan fingerprint density at radius 3 is 1.85 bits per heavy atom. The third-order valence-electron chi connectivity index (χ3n) is 3.66. The molecular weight excluding hydrogens is 258 g/mol. The van der Waals surface area contributed by atoms with Gasteiger partial charge in [0.15, 0.2) is 0 Å². The van der Waals surface area contributed by atoms with Gasteiger partial charge in [-0.15, -0.1) is 0 Å². The van der Waals surface area contributed by atoms with Crippen LogP contribution in [0.15, 0.2) is 0 Å². The van der Waals surface area contributed by atoms with Gasteiger partial charge < -0.3 is 31.3 Å². The monoisotopic (exact) mass is 289 g/mol. The molecule has 6 heteroatoms. The summed E-state index contributed by atoms with van der Waals surface area (Å²) in [7, 11) is 0. The number of aliphatic hydroxyl groups is 2. The molecule has 2 saturated heterocycles. The van der Waals surface area contributed by atoms with E-state index in [1.165, 1.54) is 6.42 Å². The average Bonchev–Trinajstić information content (AvgIpc) is 2.97. The minimum atomic E-state index is -0.219. The van der Waals surface area contributed by atoms with Crippen molar-refractivity contribution in [2.75, 3.05) is 39.4 Å². The van der Waals surface area contributed by atoms with E-state index in [0.717, 1.165) is 65.1 Å². The molecule has 0 aromatic heterocycles. The van der Waals surface area contributed by atoms with E-state index in [4.69, 9.17) is 20.7 Å². The Morgan fingerprint density at radius 2 is 1.60 bits per heavy atom. The van der Waals surface area contributed by atoms with Crippen LogP contribution in [-0.4, -0.2) is 67.9 Å². The van der Waals surface area contributed by atoms with Crippen LogP contribution in [0.4, 0.5) is 0 Å². The molecule has 2 heterocycles. The van der Waals surface area contributed by atoms with Crippen molar-refractivity contribution in [3.8, 4) is 0 Å². The number of nitrogens with two attached hydrogens (primary N) is 1. The first kappa shape index (κ1) is 17.8. The molecule has 6 nitrogen and oxygen atoms in total. The summed E-state index contributed by atoms with van der Waals surface area (Å²) in [5.41, 5.74) is 5.53. The SMILES string of the molecule is C1COCCN1.NC1CCCCC1O.OC1CCNC1. The van der Waals surface area contributed by atoms with Crippen LogP contribution in [0.2, 0.25) is 0 Å². The molecule has 0 bridgehead atoms. The maximum atomic E-state index is 9.05. The summed E-state index contributed by atoms with van der Waals surface area (Å²) in [6.07, 6.45) is 4.89. The lowest BCUT2D eigenvalue weighted by Crippen LogP contribution is -2.37. The number of nitrogens with one attached hydrogen (secondary N) is 2. The normalized spacial score (nSPS) is 33.5. The molecule has 3 fully saturated rings. The quantitative estimate of drug-likeness (QED) is 0.400. The first-order valence-electron chi connectivity index (χ1n) is 7.81. The predicted molar refractivity (Wildman–Crippen MR) is 79.6 cm³/mol. The summed E-state index contributed by atoms with van der Waals surface area (Å²) in [6, 6.07) is 0.0590. The van der Waals surface area contributed by atoms with Crippen molar-refractivity contribution < 1.29 is 14.9 Å². The number of morpholine rings is 1. The van der Waals surface area contributed by atoms with Gasteiger partial charge in [-0.3, -0.25) is 0 Å². The minimum Gasteiger partial charge on any atom is -0.392 e. The van der Waals surface area contributed by atoms with Gasteiger partial charge in [0, 0.05) is 25.7 Å². The van der Waals surface area contributed by atoms with E-state index < -0.39 is 0 Å². The van der Waals surface area contributed by atoms with E-state index in [9.17, 15) is 0 Å². The van der Waals surface area contributed by atoms with Crippen LogP contribution in [-0.2, 0) is 4.74 Å². The maximum Gasteiger partial charge on any atom is 0.0691 e. The highest BCUT2D eigenvalue weighted by Gasteiger charge is 2.17. The van der Waals surface area contributed by atoms with Crippen LogP contribution in [0.5, 0.6) is 0 Å². The minimum absolute atomic E-state index is 0.0590. The number of rotatable bonds is 0. The number of hydrogen-bond acceptors (Lipinski definition) is 6. The van der Waals surface area contributed by atoms with Crippen molar-refractivity contribution in [2.24, 2.45) is 5.73 Å². The summed E-state index contributed by atoms with van der Waals surface area (Å²) in [5, 5.41) is 23.9. The molecule has 0 aromatic rings. The van der Waals surface area contributed by atoms with Crippen LogP contribution in [0, 0.1) is 0 Å². The highest BCUT2D eigenvalue weighted by Crippen LogP contribution is 2.15. The molecule has 0 aromatic carbocycles. The molecule has 3 rings (SSSR count). The smallest absolute Gasteiger partial charge is 0.0691 e. The second kappa shape index (κ2) is 11.4. The first-order valence-corrected chi connectivity index (χ1v) is 7.81. The van der Waals surface area contributed by atoms with Crippen molar-refractivity contribution in [1.29, 1.82) is 0 Å². The zero-order valence-electron chi connectivity index (χ0n) is 12.4. The summed E-state index contributed by atoms with van der Waals surface area (Å²) in [5.74, 6) is 0. The van der Waals surface area contributed by atoms with Crippen molar-refractivity contribution >= 4 is 0 Å². The van der Waals surface area contributed by atoms with Gasteiger partial charge in [0.2, 0.25) is 0 Å². The summed E-state index contributed by atoms with van der Waals surface area (Å²) >= 11 is 0. The van der Waals surface area contributed by atoms with E-state index in [1.807, 2.05) is 0 Å². The Hall–Kier alpha value is -0.240. The largest absolute Gasteiger partial charge is 0.392 e. The van der Waals surface area contributed by atoms with Gasteiger partial charge in [0.05, 0.1) is 25.4 Å².